The van der Waals surface area contributed by atoms with Crippen LogP contribution in [0.4, 0.5) is 5.69 Å². The van der Waals surface area contributed by atoms with Crippen LogP contribution < -0.4 is 10.2 Å². The number of hydrogen-bond donors (Lipinski definition) is 2. The van der Waals surface area contributed by atoms with Gasteiger partial charge >= 0.3 is 0 Å². The largest absolute Gasteiger partial charge is 0.370 e. The highest BCUT2D eigenvalue weighted by atomic mass is 16.5. The molecule has 0 spiro atoms. The highest BCUT2D eigenvalue weighted by Crippen LogP contribution is 2.04. The first-order valence-corrected chi connectivity index (χ1v) is 6.11. The number of anilines is 1. The molecule has 17 heavy (non-hydrogen) atoms. The molecule has 0 bridgehead atoms. The predicted octanol–water partition coefficient (Wildman–Crippen LogP) is -0.0697. The van der Waals surface area contributed by atoms with Crippen LogP contribution in [0.15, 0.2) is 30.3 Å². The fourth-order valence-corrected chi connectivity index (χ4v) is 1.95. The Balaban J connectivity index is 1.70. The van der Waals surface area contributed by atoms with Crippen molar-refractivity contribution in [2.75, 3.05) is 38.2 Å². The first-order valence-electron chi connectivity index (χ1n) is 6.11. The standard InChI is InChI=1S/C13H18N2O2/c16-13(14-12-4-2-1-3-5-12)6-7-15-8-10-17-11-9-15/h1-5H,6-11H2,(H,14,16)/p+1. The third-order valence-corrected chi connectivity index (χ3v) is 2.96. The van der Waals surface area contributed by atoms with Crippen LogP contribution in [0, 0.1) is 0 Å². The molecule has 1 amide bonds. The number of hydrogen-bond acceptors (Lipinski definition) is 2. The van der Waals surface area contributed by atoms with Gasteiger partial charge in [0.2, 0.25) is 5.91 Å². The number of carbonyl (C=O) groups excluding carboxylic acids is 1. The van der Waals surface area contributed by atoms with Crippen LogP contribution >= 0.6 is 0 Å². The minimum atomic E-state index is 0.0928. The summed E-state index contributed by atoms with van der Waals surface area (Å²) in [7, 11) is 0. The van der Waals surface area contributed by atoms with Crippen LogP contribution in [0.1, 0.15) is 6.42 Å². The van der Waals surface area contributed by atoms with E-state index in [0.29, 0.717) is 6.42 Å². The number of amides is 1. The second kappa shape index (κ2) is 6.37. The van der Waals surface area contributed by atoms with Gasteiger partial charge in [0, 0.05) is 5.69 Å². The summed E-state index contributed by atoms with van der Waals surface area (Å²) in [6.45, 7) is 4.55. The fourth-order valence-electron chi connectivity index (χ4n) is 1.95. The average Bonchev–Trinajstić information content (AvgIpc) is 2.39. The van der Waals surface area contributed by atoms with E-state index in [0.717, 1.165) is 38.5 Å². The Kier molecular flexibility index (Phi) is 4.53. The molecule has 0 aliphatic carbocycles. The molecule has 4 nitrogen and oxygen atoms in total. The Morgan fingerprint density at radius 2 is 1.94 bits per heavy atom. The maximum atomic E-state index is 11.7. The van der Waals surface area contributed by atoms with E-state index in [2.05, 4.69) is 5.32 Å². The topological polar surface area (TPSA) is 42.8 Å². The van der Waals surface area contributed by atoms with Crippen molar-refractivity contribution in [1.29, 1.82) is 0 Å². The molecule has 2 rings (SSSR count). The van der Waals surface area contributed by atoms with E-state index in [1.54, 1.807) is 0 Å². The zero-order valence-electron chi connectivity index (χ0n) is 9.95. The van der Waals surface area contributed by atoms with Crippen molar-refractivity contribution in [3.8, 4) is 0 Å². The van der Waals surface area contributed by atoms with Crippen molar-refractivity contribution in [3.05, 3.63) is 30.3 Å². The summed E-state index contributed by atoms with van der Waals surface area (Å²) >= 11 is 0. The number of nitrogens with one attached hydrogen (secondary N) is 2. The lowest BCUT2D eigenvalue weighted by Gasteiger charge is -2.23. The molecule has 2 N–H and O–H groups in total. The lowest BCUT2D eigenvalue weighted by Crippen LogP contribution is -3.14. The molecular formula is C13H19N2O2+. The van der Waals surface area contributed by atoms with Gasteiger partial charge < -0.3 is 15.0 Å². The number of carbonyl (C=O) groups is 1. The number of para-hydroxylation sites is 1. The molecule has 0 aromatic heterocycles. The maximum Gasteiger partial charge on any atom is 0.230 e. The number of benzene rings is 1. The highest BCUT2D eigenvalue weighted by Gasteiger charge is 2.14. The number of ether oxygens (including phenoxy) is 1. The van der Waals surface area contributed by atoms with Gasteiger partial charge in [0.15, 0.2) is 0 Å². The Hall–Kier alpha value is -1.39. The number of quaternary nitrogens is 1. The molecule has 0 atom stereocenters. The third kappa shape index (κ3) is 4.17. The van der Waals surface area contributed by atoms with E-state index in [4.69, 9.17) is 4.74 Å². The van der Waals surface area contributed by atoms with Crippen molar-refractivity contribution >= 4 is 11.6 Å². The summed E-state index contributed by atoms with van der Waals surface area (Å²) in [5.74, 6) is 0.0928. The maximum absolute atomic E-state index is 11.7. The molecule has 1 fully saturated rings. The summed E-state index contributed by atoms with van der Waals surface area (Å²) < 4.78 is 5.28. The van der Waals surface area contributed by atoms with E-state index in [1.807, 2.05) is 30.3 Å². The fraction of sp³-hybridized carbons (Fsp3) is 0.462. The van der Waals surface area contributed by atoms with Crippen molar-refractivity contribution in [2.45, 2.75) is 6.42 Å². The van der Waals surface area contributed by atoms with E-state index >= 15 is 0 Å². The molecule has 1 aliphatic heterocycles. The summed E-state index contributed by atoms with van der Waals surface area (Å²) in [6, 6.07) is 9.58. The molecular weight excluding hydrogens is 216 g/mol. The molecule has 1 aromatic carbocycles. The van der Waals surface area contributed by atoms with Crippen LogP contribution in [-0.4, -0.2) is 38.8 Å². The van der Waals surface area contributed by atoms with Gasteiger partial charge in [-0.25, -0.2) is 0 Å². The van der Waals surface area contributed by atoms with Crippen molar-refractivity contribution in [3.63, 3.8) is 0 Å². The summed E-state index contributed by atoms with van der Waals surface area (Å²) in [5.41, 5.74) is 0.870. The SMILES string of the molecule is O=C(CC[NH+]1CCOCC1)Nc1ccccc1. The summed E-state index contributed by atoms with van der Waals surface area (Å²) in [6.07, 6.45) is 0.574. The summed E-state index contributed by atoms with van der Waals surface area (Å²) in [4.78, 5) is 13.2. The number of morpholine rings is 1. The second-order valence-corrected chi connectivity index (χ2v) is 4.28. The lowest BCUT2D eigenvalue weighted by atomic mass is 10.3. The van der Waals surface area contributed by atoms with E-state index in [9.17, 15) is 4.79 Å². The van der Waals surface area contributed by atoms with Gasteiger partial charge in [-0.3, -0.25) is 4.79 Å². The van der Waals surface area contributed by atoms with Gasteiger partial charge in [-0.15, -0.1) is 0 Å². The zero-order valence-corrected chi connectivity index (χ0v) is 9.95. The van der Waals surface area contributed by atoms with Crippen LogP contribution in [0.2, 0.25) is 0 Å². The van der Waals surface area contributed by atoms with Crippen LogP contribution in [0.25, 0.3) is 0 Å². The zero-order chi connectivity index (χ0) is 11.9. The normalized spacial score (nSPS) is 16.7. The Morgan fingerprint density at radius 1 is 1.24 bits per heavy atom. The minimum absolute atomic E-state index is 0.0928. The predicted molar refractivity (Wildman–Crippen MR) is 66.1 cm³/mol. The van der Waals surface area contributed by atoms with Crippen LogP contribution in [0.5, 0.6) is 0 Å². The monoisotopic (exact) mass is 235 g/mol. The Bertz CT molecular complexity index is 348. The highest BCUT2D eigenvalue weighted by molar-refractivity contribution is 5.90. The van der Waals surface area contributed by atoms with Gasteiger partial charge in [0.05, 0.1) is 26.2 Å². The number of rotatable bonds is 4. The molecule has 4 heteroatoms. The smallest absolute Gasteiger partial charge is 0.230 e. The van der Waals surface area contributed by atoms with Gasteiger partial charge in [-0.1, -0.05) is 18.2 Å². The molecule has 0 unspecified atom stereocenters. The van der Waals surface area contributed by atoms with Crippen LogP contribution in [-0.2, 0) is 9.53 Å². The van der Waals surface area contributed by atoms with Gasteiger partial charge in [0.1, 0.15) is 13.1 Å². The van der Waals surface area contributed by atoms with Crippen molar-refractivity contribution < 1.29 is 14.4 Å². The second-order valence-electron chi connectivity index (χ2n) is 4.28. The van der Waals surface area contributed by atoms with Crippen molar-refractivity contribution in [1.82, 2.24) is 0 Å². The Labute approximate surface area is 102 Å². The Morgan fingerprint density at radius 3 is 2.65 bits per heavy atom. The van der Waals surface area contributed by atoms with E-state index < -0.39 is 0 Å². The van der Waals surface area contributed by atoms with E-state index in [-0.39, 0.29) is 5.91 Å². The first kappa shape index (κ1) is 12.1. The molecule has 0 saturated carbocycles. The molecule has 1 heterocycles. The molecule has 1 aliphatic rings. The van der Waals surface area contributed by atoms with Gasteiger partial charge in [-0.05, 0) is 12.1 Å². The summed E-state index contributed by atoms with van der Waals surface area (Å²) in [5, 5.41) is 2.90. The van der Waals surface area contributed by atoms with Gasteiger partial charge in [0.25, 0.3) is 0 Å². The van der Waals surface area contributed by atoms with E-state index in [1.165, 1.54) is 4.90 Å². The van der Waals surface area contributed by atoms with Crippen molar-refractivity contribution in [2.24, 2.45) is 0 Å². The molecule has 92 valence electrons. The molecule has 1 aromatic rings. The first-order chi connectivity index (χ1) is 8.34. The molecule has 0 radical (unpaired) electrons. The quantitative estimate of drug-likeness (QED) is 0.767. The van der Waals surface area contributed by atoms with Crippen LogP contribution in [0.3, 0.4) is 0 Å². The molecule has 1 saturated heterocycles. The third-order valence-electron chi connectivity index (χ3n) is 2.96. The van der Waals surface area contributed by atoms with Gasteiger partial charge in [-0.2, -0.15) is 0 Å². The minimum Gasteiger partial charge on any atom is -0.370 e. The average molecular weight is 235 g/mol. The lowest BCUT2D eigenvalue weighted by molar-refractivity contribution is -0.907.